The van der Waals surface area contributed by atoms with E-state index in [0.717, 1.165) is 5.56 Å². The van der Waals surface area contributed by atoms with Gasteiger partial charge in [-0.3, -0.25) is 19.5 Å². The summed E-state index contributed by atoms with van der Waals surface area (Å²) >= 11 is 7.26. The SMILES string of the molecule is C=CCn1c(SCC(=O)Nc2cc([N+](=O)[O-])ccc2Cl)nnc1-c1ccc(C(C)(C)C)cc1. The Morgan fingerprint density at radius 3 is 2.55 bits per heavy atom. The molecule has 33 heavy (non-hydrogen) atoms. The normalized spacial score (nSPS) is 11.3. The second-order valence-corrected chi connectivity index (χ2v) is 9.64. The monoisotopic (exact) mass is 485 g/mol. The first-order chi connectivity index (χ1) is 15.6. The zero-order valence-electron chi connectivity index (χ0n) is 18.5. The molecule has 0 aliphatic carbocycles. The molecular weight excluding hydrogens is 462 g/mol. The van der Waals surface area contributed by atoms with Crippen LogP contribution in [0.5, 0.6) is 0 Å². The highest BCUT2D eigenvalue weighted by molar-refractivity contribution is 7.99. The maximum absolute atomic E-state index is 12.5. The molecule has 0 spiro atoms. The predicted molar refractivity (Wildman–Crippen MR) is 132 cm³/mol. The highest BCUT2D eigenvalue weighted by atomic mass is 35.5. The molecule has 0 bridgehead atoms. The van der Waals surface area contributed by atoms with E-state index in [4.69, 9.17) is 11.6 Å². The second-order valence-electron chi connectivity index (χ2n) is 8.29. The van der Waals surface area contributed by atoms with Gasteiger partial charge in [0.25, 0.3) is 5.69 Å². The molecule has 0 aliphatic rings. The second kappa shape index (κ2) is 10.2. The molecule has 2 aromatic carbocycles. The lowest BCUT2D eigenvalue weighted by atomic mass is 9.87. The average molecular weight is 486 g/mol. The van der Waals surface area contributed by atoms with E-state index in [1.54, 1.807) is 6.08 Å². The molecule has 0 saturated carbocycles. The van der Waals surface area contributed by atoms with Crippen LogP contribution in [0.1, 0.15) is 26.3 Å². The number of hydrogen-bond acceptors (Lipinski definition) is 6. The lowest BCUT2D eigenvalue weighted by Crippen LogP contribution is -2.15. The smallest absolute Gasteiger partial charge is 0.271 e. The van der Waals surface area contributed by atoms with E-state index in [0.29, 0.717) is 17.5 Å². The van der Waals surface area contributed by atoms with Crippen LogP contribution in [0, 0.1) is 10.1 Å². The maximum atomic E-state index is 12.5. The quantitative estimate of drug-likeness (QED) is 0.189. The Bertz CT molecular complexity index is 1190. The van der Waals surface area contributed by atoms with Crippen molar-refractivity contribution in [2.45, 2.75) is 37.9 Å². The molecule has 8 nitrogen and oxygen atoms in total. The van der Waals surface area contributed by atoms with Crippen molar-refractivity contribution in [2.75, 3.05) is 11.1 Å². The van der Waals surface area contributed by atoms with Gasteiger partial charge in [0.05, 0.1) is 21.4 Å². The van der Waals surface area contributed by atoms with E-state index in [1.165, 1.54) is 35.5 Å². The predicted octanol–water partition coefficient (Wildman–Crippen LogP) is 5.72. The first kappa shape index (κ1) is 24.5. The number of carbonyl (C=O) groups is 1. The molecule has 3 aromatic rings. The molecule has 0 saturated heterocycles. The Kier molecular flexibility index (Phi) is 7.55. The number of thioether (sulfide) groups is 1. The van der Waals surface area contributed by atoms with Crippen LogP contribution in [0.25, 0.3) is 11.4 Å². The minimum absolute atomic E-state index is 0.0251. The van der Waals surface area contributed by atoms with Crippen molar-refractivity contribution >= 4 is 40.6 Å². The molecule has 0 aliphatic heterocycles. The molecule has 3 rings (SSSR count). The van der Waals surface area contributed by atoms with Gasteiger partial charge in [0.2, 0.25) is 5.91 Å². The molecule has 0 unspecified atom stereocenters. The number of nitro benzene ring substituents is 1. The Balaban J connectivity index is 1.75. The Morgan fingerprint density at radius 1 is 1.24 bits per heavy atom. The largest absolute Gasteiger partial charge is 0.324 e. The number of nitro groups is 1. The van der Waals surface area contributed by atoms with Crippen LogP contribution in [0.3, 0.4) is 0 Å². The number of anilines is 1. The fourth-order valence-electron chi connectivity index (χ4n) is 3.06. The topological polar surface area (TPSA) is 103 Å². The molecule has 1 aromatic heterocycles. The van der Waals surface area contributed by atoms with Crippen LogP contribution in [-0.2, 0) is 16.8 Å². The molecule has 10 heteroatoms. The number of carbonyl (C=O) groups excluding carboxylic acids is 1. The number of halogens is 1. The maximum Gasteiger partial charge on any atom is 0.271 e. The van der Waals surface area contributed by atoms with E-state index < -0.39 is 4.92 Å². The molecule has 0 fully saturated rings. The zero-order valence-corrected chi connectivity index (χ0v) is 20.1. The van der Waals surface area contributed by atoms with Gasteiger partial charge < -0.3 is 5.32 Å². The molecule has 1 heterocycles. The minimum Gasteiger partial charge on any atom is -0.324 e. The first-order valence-corrected chi connectivity index (χ1v) is 11.5. The van der Waals surface area contributed by atoms with E-state index in [-0.39, 0.29) is 33.5 Å². The summed E-state index contributed by atoms with van der Waals surface area (Å²) in [5.41, 5.74) is 2.20. The number of nitrogens with one attached hydrogen (secondary N) is 1. The summed E-state index contributed by atoms with van der Waals surface area (Å²) in [6.07, 6.45) is 1.74. The van der Waals surface area contributed by atoms with Gasteiger partial charge in [0, 0.05) is 24.2 Å². The van der Waals surface area contributed by atoms with Crippen molar-refractivity contribution < 1.29 is 9.72 Å². The van der Waals surface area contributed by atoms with Gasteiger partial charge >= 0.3 is 0 Å². The van der Waals surface area contributed by atoms with Gasteiger partial charge in [-0.1, -0.05) is 74.5 Å². The Hall–Kier alpha value is -3.17. The number of non-ortho nitro benzene ring substituents is 1. The van der Waals surface area contributed by atoms with Crippen LogP contribution in [0.15, 0.2) is 60.3 Å². The highest BCUT2D eigenvalue weighted by Crippen LogP contribution is 2.29. The van der Waals surface area contributed by atoms with Crippen molar-refractivity contribution in [3.63, 3.8) is 0 Å². The number of allylic oxidation sites excluding steroid dienone is 1. The fourth-order valence-corrected chi connectivity index (χ4v) is 3.97. The first-order valence-electron chi connectivity index (χ1n) is 10.1. The minimum atomic E-state index is -0.548. The van der Waals surface area contributed by atoms with Gasteiger partial charge in [-0.05, 0) is 17.0 Å². The zero-order chi connectivity index (χ0) is 24.2. The summed E-state index contributed by atoms with van der Waals surface area (Å²) in [6, 6.07) is 12.0. The third kappa shape index (κ3) is 6.00. The molecule has 0 atom stereocenters. The van der Waals surface area contributed by atoms with Crippen LogP contribution in [0.4, 0.5) is 11.4 Å². The van der Waals surface area contributed by atoms with Crippen LogP contribution in [-0.4, -0.2) is 31.3 Å². The fraction of sp³-hybridized carbons (Fsp3) is 0.261. The summed E-state index contributed by atoms with van der Waals surface area (Å²) in [6.45, 7) is 10.7. The third-order valence-electron chi connectivity index (χ3n) is 4.80. The third-order valence-corrected chi connectivity index (χ3v) is 6.10. The molecule has 0 radical (unpaired) electrons. The summed E-state index contributed by atoms with van der Waals surface area (Å²) < 4.78 is 1.89. The van der Waals surface area contributed by atoms with Crippen molar-refractivity contribution in [3.05, 3.63) is 75.8 Å². The van der Waals surface area contributed by atoms with Gasteiger partial charge in [0.1, 0.15) is 0 Å². The average Bonchev–Trinajstić information content (AvgIpc) is 3.16. The van der Waals surface area contributed by atoms with Crippen molar-refractivity contribution in [3.8, 4) is 11.4 Å². The van der Waals surface area contributed by atoms with Crippen LogP contribution < -0.4 is 5.32 Å². The summed E-state index contributed by atoms with van der Waals surface area (Å²) in [7, 11) is 0. The summed E-state index contributed by atoms with van der Waals surface area (Å²) in [5, 5.41) is 22.9. The van der Waals surface area contributed by atoms with E-state index in [1.807, 2.05) is 16.7 Å². The lowest BCUT2D eigenvalue weighted by molar-refractivity contribution is -0.384. The van der Waals surface area contributed by atoms with Gasteiger partial charge in [0.15, 0.2) is 11.0 Å². The molecular formula is C23H24ClN5O3S. The lowest BCUT2D eigenvalue weighted by Gasteiger charge is -2.19. The van der Waals surface area contributed by atoms with Gasteiger partial charge in [-0.25, -0.2) is 0 Å². The highest BCUT2D eigenvalue weighted by Gasteiger charge is 2.18. The standard InChI is InChI=1S/C23H24ClN5O3S/c1-5-12-28-21(15-6-8-16(9-7-15)23(2,3)4)26-27-22(28)33-14-20(30)25-19-13-17(29(31)32)10-11-18(19)24/h5-11,13H,1,12,14H2,2-4H3,(H,25,30). The van der Waals surface area contributed by atoms with Crippen molar-refractivity contribution in [1.82, 2.24) is 14.8 Å². The van der Waals surface area contributed by atoms with Gasteiger partial charge in [-0.2, -0.15) is 0 Å². The number of rotatable bonds is 8. The van der Waals surface area contributed by atoms with Crippen LogP contribution in [0.2, 0.25) is 5.02 Å². The Labute approximate surface area is 201 Å². The Morgan fingerprint density at radius 2 is 1.94 bits per heavy atom. The summed E-state index contributed by atoms with van der Waals surface area (Å²) in [5.74, 6) is 0.337. The van der Waals surface area contributed by atoms with E-state index >= 15 is 0 Å². The summed E-state index contributed by atoms with van der Waals surface area (Å²) in [4.78, 5) is 22.9. The van der Waals surface area contributed by atoms with Crippen LogP contribution >= 0.6 is 23.4 Å². The molecule has 1 amide bonds. The number of amides is 1. The van der Waals surface area contributed by atoms with E-state index in [9.17, 15) is 14.9 Å². The van der Waals surface area contributed by atoms with E-state index in [2.05, 4.69) is 55.0 Å². The van der Waals surface area contributed by atoms with Gasteiger partial charge in [-0.15, -0.1) is 16.8 Å². The molecule has 1 N–H and O–H groups in total. The van der Waals surface area contributed by atoms with Crippen molar-refractivity contribution in [1.29, 1.82) is 0 Å². The number of aromatic nitrogens is 3. The number of nitrogens with zero attached hydrogens (tertiary/aromatic N) is 4. The van der Waals surface area contributed by atoms with Crippen molar-refractivity contribution in [2.24, 2.45) is 0 Å². The number of hydrogen-bond donors (Lipinski definition) is 1. The molecule has 172 valence electrons. The number of benzene rings is 2.